The first-order chi connectivity index (χ1) is 7.81. The van der Waals surface area contributed by atoms with Gasteiger partial charge < -0.3 is 14.4 Å². The van der Waals surface area contributed by atoms with E-state index in [2.05, 4.69) is 24.1 Å². The van der Waals surface area contributed by atoms with Crippen LogP contribution in [0.2, 0.25) is 0 Å². The molecule has 0 spiro atoms. The van der Waals surface area contributed by atoms with E-state index in [9.17, 15) is 0 Å². The molecule has 0 radical (unpaired) electrons. The van der Waals surface area contributed by atoms with Crippen LogP contribution >= 0.6 is 11.8 Å². The summed E-state index contributed by atoms with van der Waals surface area (Å²) in [6.45, 7) is 2.75. The minimum Gasteiger partial charge on any atom is -0.454 e. The highest BCUT2D eigenvalue weighted by atomic mass is 32.2. The molecule has 86 valence electrons. The Hall–Kier alpha value is -0.870. The predicted octanol–water partition coefficient (Wildman–Crippen LogP) is 2.21. The van der Waals surface area contributed by atoms with Crippen LogP contribution in [0.4, 0.5) is 0 Å². The molecule has 3 rings (SSSR count). The third-order valence-corrected chi connectivity index (χ3v) is 4.24. The molecule has 4 heteroatoms. The highest BCUT2D eigenvalue weighted by Crippen LogP contribution is 2.38. The summed E-state index contributed by atoms with van der Waals surface area (Å²) in [7, 11) is 2.18. The quantitative estimate of drug-likeness (QED) is 0.786. The van der Waals surface area contributed by atoms with Crippen molar-refractivity contribution in [3.63, 3.8) is 0 Å². The first kappa shape index (κ1) is 10.3. The summed E-state index contributed by atoms with van der Waals surface area (Å²) in [6.07, 6.45) is 1.27. The topological polar surface area (TPSA) is 21.7 Å². The van der Waals surface area contributed by atoms with Gasteiger partial charge >= 0.3 is 0 Å². The maximum absolute atomic E-state index is 5.38. The summed E-state index contributed by atoms with van der Waals surface area (Å²) in [4.78, 5) is 3.66. The number of ether oxygens (including phenoxy) is 2. The van der Waals surface area contributed by atoms with Crippen molar-refractivity contribution in [3.8, 4) is 11.5 Å². The average molecular weight is 237 g/mol. The SMILES string of the molecule is CN1CCC(Sc2ccc3c(c2)OCO3)C1. The van der Waals surface area contributed by atoms with E-state index in [0.717, 1.165) is 11.5 Å². The largest absolute Gasteiger partial charge is 0.454 e. The Bertz CT molecular complexity index is 397. The lowest BCUT2D eigenvalue weighted by Crippen LogP contribution is -2.14. The number of rotatable bonds is 2. The van der Waals surface area contributed by atoms with Gasteiger partial charge in [-0.05, 0) is 38.2 Å². The number of thioether (sulfide) groups is 1. The van der Waals surface area contributed by atoms with Crippen molar-refractivity contribution >= 4 is 11.8 Å². The molecule has 1 unspecified atom stereocenters. The van der Waals surface area contributed by atoms with E-state index in [1.807, 2.05) is 17.8 Å². The van der Waals surface area contributed by atoms with Crippen LogP contribution in [-0.2, 0) is 0 Å². The molecule has 1 aromatic rings. The van der Waals surface area contributed by atoms with Gasteiger partial charge in [-0.25, -0.2) is 0 Å². The first-order valence-electron chi connectivity index (χ1n) is 5.56. The standard InChI is InChI=1S/C12H15NO2S/c1-13-5-4-10(7-13)16-9-2-3-11-12(6-9)15-8-14-11/h2-3,6,10H,4-5,7-8H2,1H3. The van der Waals surface area contributed by atoms with Gasteiger partial charge in [0.1, 0.15) is 0 Å². The molecule has 2 heterocycles. The Labute approximate surface area is 99.7 Å². The Morgan fingerprint density at radius 2 is 2.19 bits per heavy atom. The van der Waals surface area contributed by atoms with E-state index >= 15 is 0 Å². The van der Waals surface area contributed by atoms with Gasteiger partial charge in [0.25, 0.3) is 0 Å². The van der Waals surface area contributed by atoms with Crippen molar-refractivity contribution in [2.75, 3.05) is 26.9 Å². The first-order valence-corrected chi connectivity index (χ1v) is 6.44. The average Bonchev–Trinajstić information content (AvgIpc) is 2.87. The van der Waals surface area contributed by atoms with E-state index in [-0.39, 0.29) is 0 Å². The summed E-state index contributed by atoms with van der Waals surface area (Å²) in [5.41, 5.74) is 0. The molecule has 0 bridgehead atoms. The lowest BCUT2D eigenvalue weighted by atomic mass is 10.3. The van der Waals surface area contributed by atoms with Gasteiger partial charge in [-0.2, -0.15) is 0 Å². The van der Waals surface area contributed by atoms with Gasteiger partial charge in [0.05, 0.1) is 0 Å². The van der Waals surface area contributed by atoms with Gasteiger partial charge in [-0.1, -0.05) is 0 Å². The Morgan fingerprint density at radius 1 is 1.31 bits per heavy atom. The normalized spacial score (nSPS) is 23.9. The summed E-state index contributed by atoms with van der Waals surface area (Å²) < 4.78 is 10.7. The number of hydrogen-bond acceptors (Lipinski definition) is 4. The van der Waals surface area contributed by atoms with Crippen molar-refractivity contribution < 1.29 is 9.47 Å². The maximum atomic E-state index is 5.38. The van der Waals surface area contributed by atoms with Crippen LogP contribution in [0.25, 0.3) is 0 Å². The number of hydrogen-bond donors (Lipinski definition) is 0. The molecule has 2 aliphatic heterocycles. The summed E-state index contributed by atoms with van der Waals surface area (Å²) in [5.74, 6) is 1.75. The third-order valence-electron chi connectivity index (χ3n) is 2.99. The molecule has 3 nitrogen and oxygen atoms in total. The highest BCUT2D eigenvalue weighted by molar-refractivity contribution is 8.00. The molecule has 1 atom stereocenters. The molecule has 2 aliphatic rings. The summed E-state index contributed by atoms with van der Waals surface area (Å²) in [5, 5.41) is 0.713. The molecule has 0 aliphatic carbocycles. The van der Waals surface area contributed by atoms with E-state index in [4.69, 9.17) is 9.47 Å². The third kappa shape index (κ3) is 1.99. The molecule has 0 saturated carbocycles. The monoisotopic (exact) mass is 237 g/mol. The fraction of sp³-hybridized carbons (Fsp3) is 0.500. The Morgan fingerprint density at radius 3 is 3.00 bits per heavy atom. The van der Waals surface area contributed by atoms with E-state index in [0.29, 0.717) is 12.0 Å². The number of benzene rings is 1. The van der Waals surface area contributed by atoms with Crippen molar-refractivity contribution in [1.29, 1.82) is 0 Å². The number of likely N-dealkylation sites (tertiary alicyclic amines) is 1. The molecule has 16 heavy (non-hydrogen) atoms. The van der Waals surface area contributed by atoms with Gasteiger partial charge in [0, 0.05) is 16.7 Å². The molecular weight excluding hydrogens is 222 g/mol. The molecule has 1 aromatic carbocycles. The second kappa shape index (κ2) is 4.18. The zero-order valence-corrected chi connectivity index (χ0v) is 10.1. The van der Waals surface area contributed by atoms with Crippen LogP contribution in [0, 0.1) is 0 Å². The fourth-order valence-corrected chi connectivity index (χ4v) is 3.39. The van der Waals surface area contributed by atoms with Crippen LogP contribution in [0.3, 0.4) is 0 Å². The van der Waals surface area contributed by atoms with Crippen LogP contribution in [-0.4, -0.2) is 37.1 Å². The van der Waals surface area contributed by atoms with Crippen molar-refractivity contribution in [2.24, 2.45) is 0 Å². The minimum absolute atomic E-state index is 0.357. The lowest BCUT2D eigenvalue weighted by Gasteiger charge is -2.10. The van der Waals surface area contributed by atoms with E-state index < -0.39 is 0 Å². The molecular formula is C12H15NO2S. The second-order valence-electron chi connectivity index (χ2n) is 4.31. The van der Waals surface area contributed by atoms with Gasteiger partial charge in [0.2, 0.25) is 6.79 Å². The minimum atomic E-state index is 0.357. The van der Waals surface area contributed by atoms with Gasteiger partial charge in [-0.3, -0.25) is 0 Å². The molecule has 0 aromatic heterocycles. The van der Waals surface area contributed by atoms with Gasteiger partial charge in [0.15, 0.2) is 11.5 Å². The van der Waals surface area contributed by atoms with Crippen LogP contribution in [0.1, 0.15) is 6.42 Å². The van der Waals surface area contributed by atoms with Crippen LogP contribution in [0.15, 0.2) is 23.1 Å². The Kier molecular flexibility index (Phi) is 2.69. The van der Waals surface area contributed by atoms with E-state index in [1.165, 1.54) is 24.4 Å². The Balaban J connectivity index is 1.71. The van der Waals surface area contributed by atoms with Crippen molar-refractivity contribution in [2.45, 2.75) is 16.6 Å². The van der Waals surface area contributed by atoms with Crippen molar-refractivity contribution in [1.82, 2.24) is 4.90 Å². The summed E-state index contributed by atoms with van der Waals surface area (Å²) >= 11 is 1.94. The van der Waals surface area contributed by atoms with Crippen LogP contribution in [0.5, 0.6) is 11.5 Å². The zero-order chi connectivity index (χ0) is 11.0. The van der Waals surface area contributed by atoms with E-state index in [1.54, 1.807) is 0 Å². The maximum Gasteiger partial charge on any atom is 0.231 e. The predicted molar refractivity (Wildman–Crippen MR) is 64.3 cm³/mol. The van der Waals surface area contributed by atoms with Gasteiger partial charge in [-0.15, -0.1) is 11.8 Å². The smallest absolute Gasteiger partial charge is 0.231 e. The van der Waals surface area contributed by atoms with Crippen molar-refractivity contribution in [3.05, 3.63) is 18.2 Å². The zero-order valence-electron chi connectivity index (χ0n) is 9.31. The second-order valence-corrected chi connectivity index (χ2v) is 5.68. The number of nitrogens with zero attached hydrogens (tertiary/aromatic N) is 1. The molecule has 0 N–H and O–H groups in total. The molecule has 0 amide bonds. The van der Waals surface area contributed by atoms with Crippen LogP contribution < -0.4 is 9.47 Å². The number of fused-ring (bicyclic) bond motifs is 1. The summed E-state index contributed by atoms with van der Waals surface area (Å²) in [6, 6.07) is 6.21. The highest BCUT2D eigenvalue weighted by Gasteiger charge is 2.21. The molecule has 1 fully saturated rings. The lowest BCUT2D eigenvalue weighted by molar-refractivity contribution is 0.174. The molecule has 1 saturated heterocycles. The fourth-order valence-electron chi connectivity index (χ4n) is 2.13.